The van der Waals surface area contributed by atoms with Crippen LogP contribution in [0.25, 0.3) is 11.1 Å². The number of nitrogens with zero attached hydrogens (tertiary/aromatic N) is 2. The van der Waals surface area contributed by atoms with Crippen molar-refractivity contribution in [1.82, 2.24) is 9.97 Å². The maximum absolute atomic E-state index is 5.51. The fraction of sp³-hybridized carbons (Fsp3) is 0.630. The topological polar surface area (TPSA) is 35.0 Å². The molecule has 0 spiro atoms. The van der Waals surface area contributed by atoms with Crippen LogP contribution in [0.1, 0.15) is 90.3 Å². The summed E-state index contributed by atoms with van der Waals surface area (Å²) >= 11 is 0. The smallest absolute Gasteiger partial charge is 0.128 e. The van der Waals surface area contributed by atoms with Crippen LogP contribution < -0.4 is 4.74 Å². The second-order valence-electron chi connectivity index (χ2n) is 8.97. The van der Waals surface area contributed by atoms with Gasteiger partial charge in [-0.1, -0.05) is 83.3 Å². The first-order chi connectivity index (χ1) is 14.8. The highest BCUT2D eigenvalue weighted by atomic mass is 16.5. The summed E-state index contributed by atoms with van der Waals surface area (Å²) < 4.78 is 5.51. The normalized spacial score (nSPS) is 19.0. The van der Waals surface area contributed by atoms with Crippen LogP contribution in [0.5, 0.6) is 5.75 Å². The van der Waals surface area contributed by atoms with Crippen LogP contribution in [0.2, 0.25) is 0 Å². The molecule has 164 valence electrons. The molecule has 0 bridgehead atoms. The quantitative estimate of drug-likeness (QED) is 0.338. The largest absolute Gasteiger partial charge is 0.494 e. The molecule has 1 aliphatic rings. The van der Waals surface area contributed by atoms with E-state index in [4.69, 9.17) is 4.74 Å². The Hall–Kier alpha value is -1.90. The molecule has 3 nitrogen and oxygen atoms in total. The molecule has 0 radical (unpaired) electrons. The van der Waals surface area contributed by atoms with E-state index in [-0.39, 0.29) is 0 Å². The van der Waals surface area contributed by atoms with Crippen LogP contribution >= 0.6 is 0 Å². The first kappa shape index (κ1) is 22.8. The molecule has 1 saturated carbocycles. The minimum Gasteiger partial charge on any atom is -0.494 e. The van der Waals surface area contributed by atoms with Crippen molar-refractivity contribution < 1.29 is 4.74 Å². The summed E-state index contributed by atoms with van der Waals surface area (Å²) in [7, 11) is 0. The average molecular weight is 409 g/mol. The molecule has 3 rings (SSSR count). The number of ether oxygens (including phenoxy) is 1. The van der Waals surface area contributed by atoms with Gasteiger partial charge >= 0.3 is 0 Å². The third-order valence-electron chi connectivity index (χ3n) is 6.66. The lowest BCUT2D eigenvalue weighted by molar-refractivity contribution is 0.248. The van der Waals surface area contributed by atoms with Gasteiger partial charge in [0, 0.05) is 24.4 Å². The second-order valence-corrected chi connectivity index (χ2v) is 8.97. The molecule has 0 N–H and O–H groups in total. The van der Waals surface area contributed by atoms with Gasteiger partial charge in [-0.25, -0.2) is 9.97 Å². The van der Waals surface area contributed by atoms with Crippen molar-refractivity contribution in [3.63, 3.8) is 0 Å². The van der Waals surface area contributed by atoms with Crippen molar-refractivity contribution in [3.8, 4) is 16.9 Å². The van der Waals surface area contributed by atoms with Crippen LogP contribution in [0, 0.1) is 11.8 Å². The second kappa shape index (κ2) is 12.7. The maximum atomic E-state index is 5.51. The predicted octanol–water partition coefficient (Wildman–Crippen LogP) is 7.64. The summed E-state index contributed by atoms with van der Waals surface area (Å²) in [5, 5.41) is 0. The molecular weight excluding hydrogens is 368 g/mol. The highest BCUT2D eigenvalue weighted by molar-refractivity contribution is 5.62. The lowest BCUT2D eigenvalue weighted by atomic mass is 9.78. The van der Waals surface area contributed by atoms with Crippen molar-refractivity contribution in [3.05, 3.63) is 42.5 Å². The van der Waals surface area contributed by atoms with Gasteiger partial charge in [0.1, 0.15) is 11.6 Å². The molecule has 1 aromatic carbocycles. The summed E-state index contributed by atoms with van der Waals surface area (Å²) in [4.78, 5) is 9.27. The number of unbranched alkanes of at least 4 members (excludes halogenated alkanes) is 4. The Morgan fingerprint density at radius 2 is 1.40 bits per heavy atom. The summed E-state index contributed by atoms with van der Waals surface area (Å²) in [6.45, 7) is 4.99. The monoisotopic (exact) mass is 408 g/mol. The zero-order chi connectivity index (χ0) is 21.0. The Kier molecular flexibility index (Phi) is 9.66. The van der Waals surface area contributed by atoms with E-state index in [9.17, 15) is 0 Å². The summed E-state index contributed by atoms with van der Waals surface area (Å²) in [6, 6.07) is 8.17. The van der Waals surface area contributed by atoms with E-state index in [1.165, 1.54) is 70.6 Å². The van der Waals surface area contributed by atoms with Crippen molar-refractivity contribution in [2.24, 2.45) is 11.8 Å². The van der Waals surface area contributed by atoms with E-state index in [0.717, 1.165) is 41.0 Å². The Bertz CT molecular complexity index is 703. The summed E-state index contributed by atoms with van der Waals surface area (Å²) in [5.41, 5.74) is 2.21. The summed E-state index contributed by atoms with van der Waals surface area (Å²) in [5.74, 6) is 3.76. The molecular formula is C27H40N2O. The van der Waals surface area contributed by atoms with Gasteiger partial charge in [0.15, 0.2) is 0 Å². The van der Waals surface area contributed by atoms with Crippen molar-refractivity contribution in [2.45, 2.75) is 90.9 Å². The lowest BCUT2D eigenvalue weighted by Crippen LogP contribution is -2.15. The molecule has 0 unspecified atom stereocenters. The third kappa shape index (κ3) is 7.41. The molecule has 1 aliphatic carbocycles. The average Bonchev–Trinajstić information content (AvgIpc) is 2.79. The van der Waals surface area contributed by atoms with Crippen molar-refractivity contribution in [2.75, 3.05) is 6.61 Å². The summed E-state index contributed by atoms with van der Waals surface area (Å²) in [6.07, 6.45) is 20.4. The van der Waals surface area contributed by atoms with Gasteiger partial charge in [-0.2, -0.15) is 0 Å². The minimum absolute atomic E-state index is 0.692. The van der Waals surface area contributed by atoms with E-state index < -0.39 is 0 Å². The van der Waals surface area contributed by atoms with Crippen molar-refractivity contribution in [1.29, 1.82) is 0 Å². The molecule has 0 atom stereocenters. The van der Waals surface area contributed by atoms with Gasteiger partial charge in [0.25, 0.3) is 0 Å². The molecule has 0 aliphatic heterocycles. The van der Waals surface area contributed by atoms with E-state index >= 15 is 0 Å². The van der Waals surface area contributed by atoms with Crippen LogP contribution in [-0.4, -0.2) is 16.6 Å². The van der Waals surface area contributed by atoms with Gasteiger partial charge in [-0.05, 0) is 42.9 Å². The third-order valence-corrected chi connectivity index (χ3v) is 6.66. The number of benzene rings is 1. The van der Waals surface area contributed by atoms with E-state index in [1.807, 2.05) is 31.5 Å². The van der Waals surface area contributed by atoms with Crippen LogP contribution in [-0.2, 0) is 6.42 Å². The van der Waals surface area contributed by atoms with Crippen LogP contribution in [0.4, 0.5) is 0 Å². The fourth-order valence-corrected chi connectivity index (χ4v) is 4.72. The number of aryl methyl sites for hydroxylation is 1. The number of rotatable bonds is 12. The molecule has 0 saturated heterocycles. The van der Waals surface area contributed by atoms with E-state index in [1.54, 1.807) is 0 Å². The van der Waals surface area contributed by atoms with Gasteiger partial charge in [-0.3, -0.25) is 0 Å². The van der Waals surface area contributed by atoms with Gasteiger partial charge < -0.3 is 4.74 Å². The number of hydrogen-bond donors (Lipinski definition) is 0. The molecule has 1 heterocycles. The molecule has 1 fully saturated rings. The standard InChI is InChI=1S/C27H40N2O/c1-3-5-6-7-8-9-22-10-12-23(13-11-22)14-19-27-28-20-25(21-29-27)24-15-17-26(18-16-24)30-4-2/h15-18,20-23H,3-14,19H2,1-2H3. The zero-order valence-corrected chi connectivity index (χ0v) is 19.1. The number of aromatic nitrogens is 2. The highest BCUT2D eigenvalue weighted by Crippen LogP contribution is 2.34. The van der Waals surface area contributed by atoms with Gasteiger partial charge in [-0.15, -0.1) is 0 Å². The van der Waals surface area contributed by atoms with E-state index in [2.05, 4.69) is 29.0 Å². The molecule has 1 aromatic heterocycles. The van der Waals surface area contributed by atoms with Gasteiger partial charge in [0.05, 0.1) is 6.61 Å². The molecule has 2 aromatic rings. The SMILES string of the molecule is CCCCCCCC1CCC(CCc2ncc(-c3ccc(OCC)cc3)cn2)CC1. The molecule has 3 heteroatoms. The fourth-order valence-electron chi connectivity index (χ4n) is 4.72. The van der Waals surface area contributed by atoms with Crippen LogP contribution in [0.15, 0.2) is 36.7 Å². The molecule has 30 heavy (non-hydrogen) atoms. The Morgan fingerprint density at radius 3 is 2.03 bits per heavy atom. The van der Waals surface area contributed by atoms with Gasteiger partial charge in [0.2, 0.25) is 0 Å². The number of hydrogen-bond acceptors (Lipinski definition) is 3. The minimum atomic E-state index is 0.692. The van der Waals surface area contributed by atoms with E-state index in [0.29, 0.717) is 6.61 Å². The Labute approximate surface area is 183 Å². The first-order valence-electron chi connectivity index (χ1n) is 12.3. The predicted molar refractivity (Wildman–Crippen MR) is 126 cm³/mol. The lowest BCUT2D eigenvalue weighted by Gasteiger charge is -2.28. The van der Waals surface area contributed by atoms with Crippen LogP contribution in [0.3, 0.4) is 0 Å². The van der Waals surface area contributed by atoms with Crippen molar-refractivity contribution >= 4 is 0 Å². The zero-order valence-electron chi connectivity index (χ0n) is 19.1. The Balaban J connectivity index is 1.36. The maximum Gasteiger partial charge on any atom is 0.128 e. The first-order valence-corrected chi connectivity index (χ1v) is 12.3. The molecule has 0 amide bonds. The highest BCUT2D eigenvalue weighted by Gasteiger charge is 2.21. The Morgan fingerprint density at radius 1 is 0.767 bits per heavy atom.